The molecule has 183 valence electrons. The number of carbonyl (C=O) groups is 1. The van der Waals surface area contributed by atoms with Gasteiger partial charge in [0, 0.05) is 32.7 Å². The maximum atomic E-state index is 12.8. The van der Waals surface area contributed by atoms with E-state index in [4.69, 9.17) is 13.6 Å². The van der Waals surface area contributed by atoms with Crippen LogP contribution < -0.4 is 15.3 Å². The zero-order valence-electron chi connectivity index (χ0n) is 20.7. The first-order chi connectivity index (χ1) is 16.8. The molecule has 1 radical (unpaired) electrons. The van der Waals surface area contributed by atoms with Crippen LogP contribution in [0.5, 0.6) is 0 Å². The second kappa shape index (κ2) is 9.60. The van der Waals surface area contributed by atoms with E-state index in [9.17, 15) is 4.79 Å². The van der Waals surface area contributed by atoms with Gasteiger partial charge >= 0.3 is 0 Å². The molecule has 2 aliphatic rings. The molecule has 8 heteroatoms. The Morgan fingerprint density at radius 1 is 1.00 bits per heavy atom. The number of benzene rings is 2. The zero-order valence-corrected chi connectivity index (χ0v) is 21.7. The lowest BCUT2D eigenvalue weighted by molar-refractivity contribution is -0.0194. The van der Waals surface area contributed by atoms with Crippen LogP contribution in [0.1, 0.15) is 31.3 Å². The van der Waals surface area contributed by atoms with Crippen LogP contribution in [-0.2, 0) is 9.16 Å². The monoisotopic (exact) mass is 490 g/mol. The van der Waals surface area contributed by atoms with Gasteiger partial charge in [0.25, 0.3) is 21.0 Å². The molecule has 35 heavy (non-hydrogen) atoms. The topological polar surface area (TPSA) is 68.0 Å². The minimum atomic E-state index is -1.52. The smallest absolute Gasteiger partial charge is 0.300 e. The summed E-state index contributed by atoms with van der Waals surface area (Å²) >= 11 is 0. The number of methoxy groups -OCH3 is 1. The van der Waals surface area contributed by atoms with Crippen LogP contribution in [0.25, 0.3) is 0 Å². The lowest BCUT2D eigenvalue weighted by atomic mass is 9.74. The summed E-state index contributed by atoms with van der Waals surface area (Å²) in [5.74, 6) is 0.163. The van der Waals surface area contributed by atoms with Gasteiger partial charge in [0.1, 0.15) is 12.5 Å². The Labute approximate surface area is 208 Å². The number of anilines is 1. The highest BCUT2D eigenvalue weighted by atomic mass is 28.3. The van der Waals surface area contributed by atoms with Crippen LogP contribution in [0.15, 0.2) is 71.3 Å². The number of hydrogen-bond acceptors (Lipinski definition) is 6. The number of hydrogen-bond donors (Lipinski definition) is 0. The Kier molecular flexibility index (Phi) is 6.52. The predicted octanol–water partition coefficient (Wildman–Crippen LogP) is 2.78. The average Bonchev–Trinajstić information content (AvgIpc) is 3.28. The Hall–Kier alpha value is -2.94. The van der Waals surface area contributed by atoms with Crippen molar-refractivity contribution in [2.75, 3.05) is 31.6 Å². The summed E-state index contributed by atoms with van der Waals surface area (Å²) in [6.07, 6.45) is 1.36. The molecule has 0 aliphatic carbocycles. The fraction of sp³-hybridized carbons (Fsp3) is 0.407. The van der Waals surface area contributed by atoms with E-state index in [0.29, 0.717) is 30.7 Å². The second-order valence-corrected chi connectivity index (χ2v) is 12.3. The molecular weight excluding hydrogens is 458 g/mol. The Balaban J connectivity index is 1.39. The number of amides is 1. The van der Waals surface area contributed by atoms with Crippen LogP contribution in [-0.4, -0.2) is 63.9 Å². The molecule has 5 rings (SSSR count). The fourth-order valence-corrected chi connectivity index (χ4v) is 6.66. The molecule has 0 bridgehead atoms. The Morgan fingerprint density at radius 2 is 1.60 bits per heavy atom. The maximum Gasteiger partial charge on any atom is 0.300 e. The first kappa shape index (κ1) is 23.8. The summed E-state index contributed by atoms with van der Waals surface area (Å²) in [4.78, 5) is 21.1. The Morgan fingerprint density at radius 3 is 2.14 bits per heavy atom. The van der Waals surface area contributed by atoms with Crippen molar-refractivity contribution in [3.05, 3.63) is 72.6 Å². The van der Waals surface area contributed by atoms with Gasteiger partial charge in [-0.2, -0.15) is 4.98 Å². The van der Waals surface area contributed by atoms with Gasteiger partial charge in [-0.3, -0.25) is 4.79 Å². The van der Waals surface area contributed by atoms with Crippen molar-refractivity contribution in [1.29, 1.82) is 0 Å². The van der Waals surface area contributed by atoms with Crippen molar-refractivity contribution in [2.24, 2.45) is 11.3 Å². The zero-order chi connectivity index (χ0) is 24.6. The van der Waals surface area contributed by atoms with Crippen molar-refractivity contribution in [3.8, 4) is 0 Å². The number of ether oxygens (including phenoxy) is 1. The number of oxazole rings is 1. The van der Waals surface area contributed by atoms with Crippen molar-refractivity contribution in [3.63, 3.8) is 0 Å². The number of carbonyl (C=O) groups excluding carboxylic acids is 1. The lowest BCUT2D eigenvalue weighted by Gasteiger charge is -2.53. The van der Waals surface area contributed by atoms with Crippen molar-refractivity contribution in [2.45, 2.75) is 33.1 Å². The third-order valence-corrected chi connectivity index (χ3v) is 9.09. The van der Waals surface area contributed by atoms with E-state index in [1.165, 1.54) is 16.6 Å². The van der Waals surface area contributed by atoms with E-state index < -0.39 is 9.04 Å². The summed E-state index contributed by atoms with van der Waals surface area (Å²) in [5.41, 5.74) is 0.365. The molecule has 2 aliphatic heterocycles. The molecule has 0 saturated carbocycles. The first-order valence-electron chi connectivity index (χ1n) is 12.0. The third-order valence-electron chi connectivity index (χ3n) is 6.89. The van der Waals surface area contributed by atoms with Gasteiger partial charge < -0.3 is 23.4 Å². The minimum absolute atomic E-state index is 0.0412. The summed E-state index contributed by atoms with van der Waals surface area (Å²) in [5, 5.41) is 2.38. The maximum absolute atomic E-state index is 12.8. The Bertz CT molecular complexity index is 1100. The third kappa shape index (κ3) is 4.78. The molecule has 7 nitrogen and oxygen atoms in total. The number of nitrogens with zero attached hydrogens (tertiary/aromatic N) is 3. The van der Waals surface area contributed by atoms with E-state index in [-0.39, 0.29) is 23.7 Å². The van der Waals surface area contributed by atoms with Crippen molar-refractivity contribution >= 4 is 31.3 Å². The lowest BCUT2D eigenvalue weighted by Crippen LogP contribution is -2.65. The van der Waals surface area contributed by atoms with Gasteiger partial charge in [-0.1, -0.05) is 81.4 Å². The van der Waals surface area contributed by atoms with E-state index in [0.717, 1.165) is 6.54 Å². The molecule has 2 aromatic carbocycles. The van der Waals surface area contributed by atoms with Gasteiger partial charge in [0.05, 0.1) is 6.10 Å². The highest BCUT2D eigenvalue weighted by molar-refractivity contribution is 6.80. The standard InChI is InChI=1S/C27H32N3O4Si/c1-27(2,3)22-17-30(26-28-23(18-33-26)24(31)29-15-19(16-29)32-4)25(22)34-35(20-11-7-5-8-12-20)21-13-9-6-10-14-21/h5-14,18-19,22,25H,15-17H2,1-4H3. The number of rotatable bonds is 7. The first-order valence-corrected chi connectivity index (χ1v) is 13.4. The van der Waals surface area contributed by atoms with Gasteiger partial charge in [0.2, 0.25) is 0 Å². The van der Waals surface area contributed by atoms with Gasteiger partial charge in [-0.25, -0.2) is 0 Å². The molecule has 1 amide bonds. The molecule has 3 heterocycles. The van der Waals surface area contributed by atoms with Crippen molar-refractivity contribution < 1.29 is 18.4 Å². The minimum Gasteiger partial charge on any atom is -0.431 e. The van der Waals surface area contributed by atoms with Gasteiger partial charge in [-0.05, 0) is 15.8 Å². The van der Waals surface area contributed by atoms with E-state index >= 15 is 0 Å². The molecule has 2 unspecified atom stereocenters. The van der Waals surface area contributed by atoms with Crippen LogP contribution in [0.4, 0.5) is 6.01 Å². The van der Waals surface area contributed by atoms with Gasteiger partial charge in [-0.15, -0.1) is 0 Å². The molecule has 0 N–H and O–H groups in total. The highest BCUT2D eigenvalue weighted by Crippen LogP contribution is 2.42. The van der Waals surface area contributed by atoms with Gasteiger partial charge in [0.15, 0.2) is 5.69 Å². The van der Waals surface area contributed by atoms with E-state index in [1.54, 1.807) is 12.0 Å². The summed E-state index contributed by atoms with van der Waals surface area (Å²) in [6.45, 7) is 8.64. The van der Waals surface area contributed by atoms with Crippen LogP contribution in [0.2, 0.25) is 0 Å². The second-order valence-electron chi connectivity index (χ2n) is 10.3. The molecule has 2 saturated heterocycles. The molecule has 0 spiro atoms. The summed E-state index contributed by atoms with van der Waals surface area (Å²) in [6, 6.07) is 21.3. The fourth-order valence-electron chi connectivity index (χ4n) is 4.53. The normalized spacial score (nSPS) is 20.6. The quantitative estimate of drug-likeness (QED) is 0.475. The molecule has 2 atom stereocenters. The van der Waals surface area contributed by atoms with Crippen LogP contribution >= 0.6 is 0 Å². The predicted molar refractivity (Wildman–Crippen MR) is 136 cm³/mol. The largest absolute Gasteiger partial charge is 0.431 e. The molecule has 1 aromatic heterocycles. The molecule has 3 aromatic rings. The van der Waals surface area contributed by atoms with Crippen molar-refractivity contribution in [1.82, 2.24) is 9.88 Å². The molecule has 2 fully saturated rings. The number of aromatic nitrogens is 1. The van der Waals surface area contributed by atoms with Crippen LogP contribution in [0.3, 0.4) is 0 Å². The van der Waals surface area contributed by atoms with E-state index in [1.807, 2.05) is 12.1 Å². The number of likely N-dealkylation sites (tertiary alicyclic amines) is 1. The summed E-state index contributed by atoms with van der Waals surface area (Å²) in [7, 11) is 0.146. The summed E-state index contributed by atoms with van der Waals surface area (Å²) < 4.78 is 18.1. The average molecular weight is 491 g/mol. The SMILES string of the molecule is COC1CN(C(=O)c2coc(N3CC(C(C)(C)C)C3O[Si](c3ccccc3)c3ccccc3)n2)C1. The molecular formula is C27H32N3O4Si. The van der Waals surface area contributed by atoms with Crippen LogP contribution in [0, 0.1) is 11.3 Å². The highest BCUT2D eigenvalue weighted by Gasteiger charge is 2.49. The van der Waals surface area contributed by atoms with E-state index in [2.05, 4.69) is 79.2 Å².